The number of rotatable bonds is 5. The van der Waals surface area contributed by atoms with E-state index in [2.05, 4.69) is 5.32 Å². The second-order valence-corrected chi connectivity index (χ2v) is 6.52. The molecule has 22 heavy (non-hydrogen) atoms. The summed E-state index contributed by atoms with van der Waals surface area (Å²) in [4.78, 5) is 29.0. The highest BCUT2D eigenvalue weighted by atomic mass is 32.2. The number of nitrogens with one attached hydrogen (secondary N) is 1. The van der Waals surface area contributed by atoms with Gasteiger partial charge in [0.05, 0.1) is 12.6 Å². The van der Waals surface area contributed by atoms with Gasteiger partial charge in [-0.25, -0.2) is 0 Å². The van der Waals surface area contributed by atoms with Crippen molar-refractivity contribution in [1.82, 2.24) is 9.80 Å². The maximum absolute atomic E-state index is 12.2. The summed E-state index contributed by atoms with van der Waals surface area (Å²) in [5, 5.41) is 2.91. The minimum atomic E-state index is -0.168. The molecule has 1 aromatic rings. The van der Waals surface area contributed by atoms with Crippen molar-refractivity contribution in [2.75, 3.05) is 38.8 Å². The topological polar surface area (TPSA) is 52.7 Å². The summed E-state index contributed by atoms with van der Waals surface area (Å²) >= 11 is 1.64. The summed E-state index contributed by atoms with van der Waals surface area (Å²) < 4.78 is 0. The van der Waals surface area contributed by atoms with Gasteiger partial charge in [0, 0.05) is 24.7 Å². The third kappa shape index (κ3) is 4.24. The van der Waals surface area contributed by atoms with E-state index < -0.39 is 0 Å². The molecule has 1 aromatic carbocycles. The SMILES string of the molecule is CSc1cccc(NC(=O)CN2CCCC2C(=O)N(C)C)c1. The van der Waals surface area contributed by atoms with Crippen molar-refractivity contribution in [3.63, 3.8) is 0 Å². The van der Waals surface area contributed by atoms with Crippen molar-refractivity contribution in [3.05, 3.63) is 24.3 Å². The summed E-state index contributed by atoms with van der Waals surface area (Å²) in [6, 6.07) is 7.60. The molecule has 1 aliphatic heterocycles. The van der Waals surface area contributed by atoms with Gasteiger partial charge in [-0.3, -0.25) is 14.5 Å². The van der Waals surface area contributed by atoms with E-state index in [1.165, 1.54) is 0 Å². The molecule has 1 saturated heterocycles. The number of likely N-dealkylation sites (tertiary alicyclic amines) is 1. The lowest BCUT2D eigenvalue weighted by atomic mass is 10.2. The molecule has 120 valence electrons. The minimum absolute atomic E-state index is 0.0725. The Hall–Kier alpha value is -1.53. The number of carbonyl (C=O) groups excluding carboxylic acids is 2. The van der Waals surface area contributed by atoms with E-state index in [0.29, 0.717) is 0 Å². The van der Waals surface area contributed by atoms with Gasteiger partial charge in [0.15, 0.2) is 0 Å². The number of hydrogen-bond acceptors (Lipinski definition) is 4. The number of hydrogen-bond donors (Lipinski definition) is 1. The third-order valence-corrected chi connectivity index (χ3v) is 4.52. The molecule has 1 heterocycles. The van der Waals surface area contributed by atoms with Crippen LogP contribution in [-0.4, -0.2) is 61.1 Å². The molecule has 1 atom stereocenters. The Kier molecular flexibility index (Phi) is 5.85. The fourth-order valence-corrected chi connectivity index (χ4v) is 3.14. The summed E-state index contributed by atoms with van der Waals surface area (Å²) in [6.07, 6.45) is 3.79. The number of nitrogens with zero attached hydrogens (tertiary/aromatic N) is 2. The van der Waals surface area contributed by atoms with E-state index in [1.54, 1.807) is 30.8 Å². The molecule has 2 rings (SSSR count). The van der Waals surface area contributed by atoms with Gasteiger partial charge >= 0.3 is 0 Å². The molecule has 1 unspecified atom stereocenters. The number of amides is 2. The predicted molar refractivity (Wildman–Crippen MR) is 90.1 cm³/mol. The molecule has 1 fully saturated rings. The van der Waals surface area contributed by atoms with E-state index in [0.717, 1.165) is 30.0 Å². The molecule has 6 heteroatoms. The lowest BCUT2D eigenvalue weighted by molar-refractivity contribution is -0.133. The van der Waals surface area contributed by atoms with Gasteiger partial charge in [-0.05, 0) is 43.8 Å². The van der Waals surface area contributed by atoms with Gasteiger partial charge in [0.25, 0.3) is 0 Å². The second kappa shape index (κ2) is 7.65. The molecule has 0 aliphatic carbocycles. The normalized spacial score (nSPS) is 18.2. The molecule has 2 amide bonds. The fraction of sp³-hybridized carbons (Fsp3) is 0.500. The van der Waals surface area contributed by atoms with Gasteiger partial charge in [-0.1, -0.05) is 6.07 Å². The highest BCUT2D eigenvalue weighted by Crippen LogP contribution is 2.20. The smallest absolute Gasteiger partial charge is 0.239 e. The molecule has 5 nitrogen and oxygen atoms in total. The van der Waals surface area contributed by atoms with Crippen LogP contribution in [0.3, 0.4) is 0 Å². The molecular formula is C16H23N3O2S. The van der Waals surface area contributed by atoms with E-state index in [4.69, 9.17) is 0 Å². The number of anilines is 1. The monoisotopic (exact) mass is 321 g/mol. The van der Waals surface area contributed by atoms with Gasteiger partial charge in [-0.2, -0.15) is 0 Å². The van der Waals surface area contributed by atoms with E-state index in [1.807, 2.05) is 35.4 Å². The van der Waals surface area contributed by atoms with Crippen LogP contribution in [-0.2, 0) is 9.59 Å². The van der Waals surface area contributed by atoms with Crippen molar-refractivity contribution in [1.29, 1.82) is 0 Å². The van der Waals surface area contributed by atoms with E-state index in [-0.39, 0.29) is 24.4 Å². The van der Waals surface area contributed by atoms with Crippen LogP contribution in [0, 0.1) is 0 Å². The van der Waals surface area contributed by atoms with Crippen molar-refractivity contribution in [2.45, 2.75) is 23.8 Å². The van der Waals surface area contributed by atoms with Crippen LogP contribution in [0.5, 0.6) is 0 Å². The summed E-state index contributed by atoms with van der Waals surface area (Å²) in [6.45, 7) is 1.05. The molecule has 0 saturated carbocycles. The Morgan fingerprint density at radius 3 is 2.86 bits per heavy atom. The first kappa shape index (κ1) is 16.8. The second-order valence-electron chi connectivity index (χ2n) is 5.64. The van der Waals surface area contributed by atoms with Gasteiger partial charge < -0.3 is 10.2 Å². The van der Waals surface area contributed by atoms with E-state index >= 15 is 0 Å². The average Bonchev–Trinajstić information content (AvgIpc) is 2.94. The van der Waals surface area contributed by atoms with Crippen LogP contribution in [0.4, 0.5) is 5.69 Å². The average molecular weight is 321 g/mol. The zero-order valence-corrected chi connectivity index (χ0v) is 14.2. The maximum Gasteiger partial charge on any atom is 0.239 e. The largest absolute Gasteiger partial charge is 0.347 e. The Morgan fingerprint density at radius 2 is 2.18 bits per heavy atom. The highest BCUT2D eigenvalue weighted by Gasteiger charge is 2.32. The first-order valence-corrected chi connectivity index (χ1v) is 8.63. The number of carbonyl (C=O) groups is 2. The van der Waals surface area contributed by atoms with Gasteiger partial charge in [0.2, 0.25) is 11.8 Å². The van der Waals surface area contributed by atoms with Gasteiger partial charge in [0.1, 0.15) is 0 Å². The number of benzene rings is 1. The standard InChI is InChI=1S/C16H23N3O2S/c1-18(2)16(21)14-8-5-9-19(14)11-15(20)17-12-6-4-7-13(10-12)22-3/h4,6-7,10,14H,5,8-9,11H2,1-3H3,(H,17,20). The Labute approximate surface area is 136 Å². The molecular weight excluding hydrogens is 298 g/mol. The molecule has 0 spiro atoms. The van der Waals surface area contributed by atoms with Crippen molar-refractivity contribution >= 4 is 29.3 Å². The molecule has 0 radical (unpaired) electrons. The summed E-state index contributed by atoms with van der Waals surface area (Å²) in [5.41, 5.74) is 0.798. The Bertz CT molecular complexity index is 548. The summed E-state index contributed by atoms with van der Waals surface area (Å²) in [7, 11) is 3.51. The first-order chi connectivity index (χ1) is 10.5. The fourth-order valence-electron chi connectivity index (χ4n) is 2.68. The van der Waals surface area contributed by atoms with E-state index in [9.17, 15) is 9.59 Å². The van der Waals surface area contributed by atoms with Crippen LogP contribution in [0.25, 0.3) is 0 Å². The lowest BCUT2D eigenvalue weighted by Crippen LogP contribution is -2.45. The van der Waals surface area contributed by atoms with Crippen LogP contribution in [0.2, 0.25) is 0 Å². The van der Waals surface area contributed by atoms with Crippen LogP contribution >= 0.6 is 11.8 Å². The quantitative estimate of drug-likeness (QED) is 0.842. The first-order valence-electron chi connectivity index (χ1n) is 7.40. The molecule has 0 bridgehead atoms. The zero-order chi connectivity index (χ0) is 16.1. The summed E-state index contributed by atoms with van der Waals surface area (Å²) in [5.74, 6) is 0.00592. The van der Waals surface area contributed by atoms with Crippen LogP contribution in [0.15, 0.2) is 29.2 Å². The lowest BCUT2D eigenvalue weighted by Gasteiger charge is -2.25. The van der Waals surface area contributed by atoms with Crippen molar-refractivity contribution < 1.29 is 9.59 Å². The molecule has 1 N–H and O–H groups in total. The van der Waals surface area contributed by atoms with Crippen LogP contribution in [0.1, 0.15) is 12.8 Å². The maximum atomic E-state index is 12.2. The zero-order valence-electron chi connectivity index (χ0n) is 13.3. The Balaban J connectivity index is 1.94. The molecule has 0 aromatic heterocycles. The predicted octanol–water partition coefficient (Wildman–Crippen LogP) is 1.90. The number of thioether (sulfide) groups is 1. The number of likely N-dealkylation sites (N-methyl/N-ethyl adjacent to an activating group) is 1. The van der Waals surface area contributed by atoms with Crippen LogP contribution < -0.4 is 5.32 Å². The highest BCUT2D eigenvalue weighted by molar-refractivity contribution is 7.98. The Morgan fingerprint density at radius 1 is 1.41 bits per heavy atom. The van der Waals surface area contributed by atoms with Gasteiger partial charge in [-0.15, -0.1) is 11.8 Å². The minimum Gasteiger partial charge on any atom is -0.347 e. The van der Waals surface area contributed by atoms with Crippen molar-refractivity contribution in [2.24, 2.45) is 0 Å². The van der Waals surface area contributed by atoms with Crippen molar-refractivity contribution in [3.8, 4) is 0 Å². The molecule has 1 aliphatic rings. The third-order valence-electron chi connectivity index (χ3n) is 3.79.